The summed E-state index contributed by atoms with van der Waals surface area (Å²) in [6, 6.07) is 0. The van der Waals surface area contributed by atoms with Crippen molar-refractivity contribution in [3.8, 4) is 0 Å². The molecule has 0 fully saturated rings. The van der Waals surface area contributed by atoms with Gasteiger partial charge >= 0.3 is 0 Å². The van der Waals surface area contributed by atoms with E-state index in [4.69, 9.17) is 4.74 Å². The maximum atomic E-state index is 12.2. The molecule has 112 valence electrons. The van der Waals surface area contributed by atoms with Crippen molar-refractivity contribution < 1.29 is 9.53 Å². The van der Waals surface area contributed by atoms with Crippen LogP contribution in [0.25, 0.3) is 0 Å². The van der Waals surface area contributed by atoms with Crippen LogP contribution in [0.3, 0.4) is 0 Å². The van der Waals surface area contributed by atoms with Crippen LogP contribution in [0.15, 0.2) is 12.7 Å². The average Bonchev–Trinajstić information content (AvgIpc) is 2.90. The molecule has 0 aliphatic heterocycles. The number of amides is 1. The van der Waals surface area contributed by atoms with Gasteiger partial charge < -0.3 is 14.6 Å². The third kappa shape index (κ3) is 3.60. The zero-order valence-electron chi connectivity index (χ0n) is 12.3. The van der Waals surface area contributed by atoms with Gasteiger partial charge in [-0.15, -0.1) is 10.2 Å². The highest BCUT2D eigenvalue weighted by Gasteiger charge is 2.14. The second-order valence-electron chi connectivity index (χ2n) is 4.54. The van der Waals surface area contributed by atoms with Gasteiger partial charge in [-0.2, -0.15) is 0 Å². The van der Waals surface area contributed by atoms with Crippen molar-refractivity contribution in [2.75, 3.05) is 13.7 Å². The summed E-state index contributed by atoms with van der Waals surface area (Å²) in [7, 11) is 1.63. The van der Waals surface area contributed by atoms with Crippen LogP contribution in [-0.4, -0.2) is 44.4 Å². The molecule has 2 rings (SSSR count). The maximum Gasteiger partial charge on any atom is 0.255 e. The Bertz CT molecular complexity index is 605. The quantitative estimate of drug-likeness (QED) is 0.820. The van der Waals surface area contributed by atoms with Gasteiger partial charge in [-0.3, -0.25) is 4.79 Å². The summed E-state index contributed by atoms with van der Waals surface area (Å²) in [5.41, 5.74) is 1.81. The molecule has 2 heterocycles. The Morgan fingerprint density at radius 1 is 1.33 bits per heavy atom. The van der Waals surface area contributed by atoms with Gasteiger partial charge in [0, 0.05) is 13.7 Å². The lowest BCUT2D eigenvalue weighted by Gasteiger charge is -2.09. The fourth-order valence-electron chi connectivity index (χ4n) is 1.96. The highest BCUT2D eigenvalue weighted by Crippen LogP contribution is 2.08. The summed E-state index contributed by atoms with van der Waals surface area (Å²) in [6.07, 6.45) is 3.06. The molecule has 2 aromatic heterocycles. The molecule has 8 heteroatoms. The molecule has 0 bridgehead atoms. The Hall–Kier alpha value is -2.35. The van der Waals surface area contributed by atoms with Crippen LogP contribution in [0, 0.1) is 13.8 Å². The van der Waals surface area contributed by atoms with E-state index in [2.05, 4.69) is 25.5 Å². The molecule has 2 aromatic rings. The minimum Gasteiger partial charge on any atom is -0.383 e. The summed E-state index contributed by atoms with van der Waals surface area (Å²) < 4.78 is 6.85. The Balaban J connectivity index is 2.03. The number of nitrogens with zero attached hydrogens (tertiary/aromatic N) is 5. The van der Waals surface area contributed by atoms with Crippen molar-refractivity contribution in [2.24, 2.45) is 0 Å². The molecule has 0 atom stereocenters. The second kappa shape index (κ2) is 6.89. The summed E-state index contributed by atoms with van der Waals surface area (Å²) in [5, 5.41) is 10.7. The van der Waals surface area contributed by atoms with Gasteiger partial charge in [0.15, 0.2) is 5.82 Å². The highest BCUT2D eigenvalue weighted by molar-refractivity contribution is 5.96. The van der Waals surface area contributed by atoms with Crippen LogP contribution in [0.5, 0.6) is 0 Å². The van der Waals surface area contributed by atoms with Crippen molar-refractivity contribution >= 4 is 5.91 Å². The molecule has 0 saturated carbocycles. The lowest BCUT2D eigenvalue weighted by Crippen LogP contribution is -2.27. The van der Waals surface area contributed by atoms with Gasteiger partial charge in [-0.1, -0.05) is 0 Å². The first-order valence-corrected chi connectivity index (χ1v) is 6.55. The van der Waals surface area contributed by atoms with Crippen molar-refractivity contribution in [1.29, 1.82) is 0 Å². The summed E-state index contributed by atoms with van der Waals surface area (Å²) >= 11 is 0. The fourth-order valence-corrected chi connectivity index (χ4v) is 1.96. The maximum absolute atomic E-state index is 12.2. The zero-order chi connectivity index (χ0) is 15.2. The zero-order valence-corrected chi connectivity index (χ0v) is 12.3. The van der Waals surface area contributed by atoms with Gasteiger partial charge in [-0.05, 0) is 13.8 Å². The second-order valence-corrected chi connectivity index (χ2v) is 4.54. The number of methoxy groups -OCH3 is 1. The molecule has 0 aliphatic rings. The SMILES string of the molecule is COCCn1cnnc1CNC(=O)c1c(C)ncnc1C. The van der Waals surface area contributed by atoms with Gasteiger partial charge in [-0.25, -0.2) is 9.97 Å². The van der Waals surface area contributed by atoms with E-state index in [9.17, 15) is 4.79 Å². The molecule has 0 spiro atoms. The first kappa shape index (κ1) is 15.0. The Morgan fingerprint density at radius 2 is 2.05 bits per heavy atom. The fraction of sp³-hybridized carbons (Fsp3) is 0.462. The van der Waals surface area contributed by atoms with Gasteiger partial charge in [0.1, 0.15) is 12.7 Å². The van der Waals surface area contributed by atoms with Crippen molar-refractivity contribution in [3.63, 3.8) is 0 Å². The minimum atomic E-state index is -0.216. The largest absolute Gasteiger partial charge is 0.383 e. The van der Waals surface area contributed by atoms with Gasteiger partial charge in [0.25, 0.3) is 5.91 Å². The Kier molecular flexibility index (Phi) is 4.94. The third-order valence-corrected chi connectivity index (χ3v) is 3.09. The van der Waals surface area contributed by atoms with Gasteiger partial charge in [0.05, 0.1) is 30.1 Å². The van der Waals surface area contributed by atoms with E-state index in [1.165, 1.54) is 6.33 Å². The Morgan fingerprint density at radius 3 is 2.71 bits per heavy atom. The van der Waals surface area contributed by atoms with Crippen LogP contribution < -0.4 is 5.32 Å². The van der Waals surface area contributed by atoms with E-state index in [0.717, 1.165) is 0 Å². The van der Waals surface area contributed by atoms with E-state index in [1.807, 2.05) is 4.57 Å². The van der Waals surface area contributed by atoms with E-state index in [1.54, 1.807) is 27.3 Å². The van der Waals surface area contributed by atoms with Gasteiger partial charge in [0.2, 0.25) is 0 Å². The summed E-state index contributed by atoms with van der Waals surface area (Å²) in [5.74, 6) is 0.458. The molecule has 0 radical (unpaired) electrons. The number of carbonyl (C=O) groups excluding carboxylic acids is 1. The van der Waals surface area contributed by atoms with E-state index >= 15 is 0 Å². The lowest BCUT2D eigenvalue weighted by atomic mass is 10.1. The van der Waals surface area contributed by atoms with E-state index in [-0.39, 0.29) is 12.5 Å². The predicted molar refractivity (Wildman–Crippen MR) is 74.6 cm³/mol. The average molecular weight is 290 g/mol. The summed E-state index contributed by atoms with van der Waals surface area (Å²) in [4.78, 5) is 20.3. The molecule has 0 aromatic carbocycles. The number of ether oxygens (including phenoxy) is 1. The predicted octanol–water partition coefficient (Wildman–Crippen LogP) is 0.261. The monoisotopic (exact) mass is 290 g/mol. The number of hydrogen-bond donors (Lipinski definition) is 1. The first-order valence-electron chi connectivity index (χ1n) is 6.55. The number of rotatable bonds is 6. The molecule has 1 amide bonds. The lowest BCUT2D eigenvalue weighted by molar-refractivity contribution is 0.0947. The van der Waals surface area contributed by atoms with Crippen LogP contribution in [0.4, 0.5) is 0 Å². The molecule has 21 heavy (non-hydrogen) atoms. The number of aryl methyl sites for hydroxylation is 2. The van der Waals surface area contributed by atoms with E-state index in [0.29, 0.717) is 35.9 Å². The third-order valence-electron chi connectivity index (χ3n) is 3.09. The van der Waals surface area contributed by atoms with Crippen molar-refractivity contribution in [1.82, 2.24) is 30.0 Å². The molecule has 8 nitrogen and oxygen atoms in total. The summed E-state index contributed by atoms with van der Waals surface area (Å²) in [6.45, 7) is 5.05. The van der Waals surface area contributed by atoms with E-state index < -0.39 is 0 Å². The molecule has 0 aliphatic carbocycles. The number of carbonyl (C=O) groups is 1. The minimum absolute atomic E-state index is 0.216. The number of hydrogen-bond acceptors (Lipinski definition) is 6. The Labute approximate surface area is 122 Å². The van der Waals surface area contributed by atoms with Crippen molar-refractivity contribution in [2.45, 2.75) is 26.9 Å². The van der Waals surface area contributed by atoms with Crippen LogP contribution >= 0.6 is 0 Å². The van der Waals surface area contributed by atoms with Crippen LogP contribution in [-0.2, 0) is 17.8 Å². The normalized spacial score (nSPS) is 10.6. The molecule has 0 unspecified atom stereocenters. The standard InChI is InChI=1S/C13H18N6O2/c1-9-12(10(2)16-7-15-9)13(20)14-6-11-18-17-8-19(11)4-5-21-3/h7-8H,4-6H2,1-3H3,(H,14,20). The van der Waals surface area contributed by atoms with Crippen LogP contribution in [0.2, 0.25) is 0 Å². The molecular weight excluding hydrogens is 272 g/mol. The van der Waals surface area contributed by atoms with Crippen molar-refractivity contribution in [3.05, 3.63) is 35.4 Å². The molecule has 1 N–H and O–H groups in total. The smallest absolute Gasteiger partial charge is 0.255 e. The van der Waals surface area contributed by atoms with Crippen LogP contribution in [0.1, 0.15) is 27.6 Å². The first-order chi connectivity index (χ1) is 10.1. The topological polar surface area (TPSA) is 94.8 Å². The number of nitrogens with one attached hydrogen (secondary N) is 1. The molecular formula is C13H18N6O2. The molecule has 0 saturated heterocycles. The number of aromatic nitrogens is 5. The highest BCUT2D eigenvalue weighted by atomic mass is 16.5.